The number of hydrogen-bond acceptors (Lipinski definition) is 2. The Kier molecular flexibility index (Phi) is 1.76. The zero-order valence-electron chi connectivity index (χ0n) is 6.72. The Morgan fingerprint density at radius 3 is 2.83 bits per heavy atom. The van der Waals surface area contributed by atoms with Crippen molar-refractivity contribution in [2.24, 2.45) is 0 Å². The van der Waals surface area contributed by atoms with Crippen LogP contribution in [0.25, 0.3) is 6.08 Å². The molecular formula is C9H10FNS. The molecule has 0 N–H and O–H groups in total. The van der Waals surface area contributed by atoms with Gasteiger partial charge in [0.2, 0.25) is 0 Å². The van der Waals surface area contributed by atoms with E-state index in [4.69, 9.17) is 0 Å². The van der Waals surface area contributed by atoms with Gasteiger partial charge in [0, 0.05) is 11.1 Å². The predicted molar refractivity (Wildman–Crippen MR) is 48.8 cm³/mol. The van der Waals surface area contributed by atoms with Crippen LogP contribution in [0.3, 0.4) is 0 Å². The van der Waals surface area contributed by atoms with Gasteiger partial charge < -0.3 is 0 Å². The number of halogens is 1. The summed E-state index contributed by atoms with van der Waals surface area (Å²) in [4.78, 5) is 5.01. The van der Waals surface area contributed by atoms with Gasteiger partial charge in [0.15, 0.2) is 5.67 Å². The van der Waals surface area contributed by atoms with Gasteiger partial charge in [-0.3, -0.25) is 0 Å². The smallest absolute Gasteiger partial charge is 0.162 e. The highest BCUT2D eigenvalue weighted by Crippen LogP contribution is 2.46. The molecule has 1 heterocycles. The topological polar surface area (TPSA) is 12.9 Å². The van der Waals surface area contributed by atoms with Crippen molar-refractivity contribution in [2.75, 3.05) is 0 Å². The van der Waals surface area contributed by atoms with Crippen molar-refractivity contribution in [1.82, 2.24) is 4.98 Å². The summed E-state index contributed by atoms with van der Waals surface area (Å²) in [6.07, 6.45) is 5.66. The van der Waals surface area contributed by atoms with Gasteiger partial charge in [0.1, 0.15) is 5.01 Å². The highest BCUT2D eigenvalue weighted by Gasteiger charge is 2.41. The lowest BCUT2D eigenvalue weighted by molar-refractivity contribution is 0.0606. The van der Waals surface area contributed by atoms with Crippen molar-refractivity contribution in [3.8, 4) is 0 Å². The fourth-order valence-electron chi connectivity index (χ4n) is 1.29. The third kappa shape index (κ3) is 1.08. The summed E-state index contributed by atoms with van der Waals surface area (Å²) >= 11 is 1.41. The first-order valence-electron chi connectivity index (χ1n) is 4.02. The van der Waals surface area contributed by atoms with Crippen LogP contribution in [-0.4, -0.2) is 4.98 Å². The van der Waals surface area contributed by atoms with E-state index in [2.05, 4.69) is 11.6 Å². The number of aromatic nitrogens is 1. The van der Waals surface area contributed by atoms with Gasteiger partial charge in [-0.05, 0) is 19.3 Å². The largest absolute Gasteiger partial charge is 0.246 e. The summed E-state index contributed by atoms with van der Waals surface area (Å²) in [6.45, 7) is 3.62. The molecule has 1 aromatic heterocycles. The fourth-order valence-corrected chi connectivity index (χ4v) is 2.19. The van der Waals surface area contributed by atoms with Gasteiger partial charge in [0.05, 0.1) is 0 Å². The third-order valence-corrected chi connectivity index (χ3v) is 3.43. The second-order valence-corrected chi connectivity index (χ2v) is 4.15. The molecule has 1 saturated carbocycles. The van der Waals surface area contributed by atoms with Crippen molar-refractivity contribution < 1.29 is 4.39 Å². The summed E-state index contributed by atoms with van der Waals surface area (Å²) in [7, 11) is 0. The monoisotopic (exact) mass is 183 g/mol. The molecule has 0 aromatic carbocycles. The van der Waals surface area contributed by atoms with Crippen molar-refractivity contribution in [1.29, 1.82) is 0 Å². The quantitative estimate of drug-likeness (QED) is 0.686. The first-order valence-corrected chi connectivity index (χ1v) is 4.84. The summed E-state index contributed by atoms with van der Waals surface area (Å²) in [5.74, 6) is 0. The summed E-state index contributed by atoms with van der Waals surface area (Å²) in [5.41, 5.74) is -1.11. The van der Waals surface area contributed by atoms with E-state index in [0.717, 1.165) is 11.3 Å². The summed E-state index contributed by atoms with van der Waals surface area (Å²) in [5, 5.41) is 0.628. The van der Waals surface area contributed by atoms with Crippen molar-refractivity contribution in [3.63, 3.8) is 0 Å². The predicted octanol–water partition coefficient (Wildman–Crippen LogP) is 3.13. The van der Waals surface area contributed by atoms with Gasteiger partial charge in [-0.25, -0.2) is 9.37 Å². The van der Waals surface area contributed by atoms with E-state index in [1.165, 1.54) is 11.3 Å². The maximum atomic E-state index is 13.7. The van der Waals surface area contributed by atoms with Crippen LogP contribution in [0.2, 0.25) is 0 Å². The molecule has 1 aliphatic carbocycles. The molecular weight excluding hydrogens is 173 g/mol. The Labute approximate surface area is 75.0 Å². The average Bonchev–Trinajstić information content (AvgIpc) is 2.48. The Morgan fingerprint density at radius 1 is 1.67 bits per heavy atom. The molecule has 0 atom stereocenters. The highest BCUT2D eigenvalue weighted by atomic mass is 32.1. The lowest BCUT2D eigenvalue weighted by atomic mass is 9.83. The minimum absolute atomic E-state index is 0.628. The van der Waals surface area contributed by atoms with E-state index in [0.29, 0.717) is 17.8 Å². The molecule has 0 unspecified atom stereocenters. The van der Waals surface area contributed by atoms with Crippen LogP contribution in [0.4, 0.5) is 4.39 Å². The molecule has 0 aliphatic heterocycles. The molecule has 64 valence electrons. The molecule has 2 rings (SSSR count). The lowest BCUT2D eigenvalue weighted by Gasteiger charge is -2.31. The molecule has 1 nitrogen and oxygen atoms in total. The van der Waals surface area contributed by atoms with E-state index < -0.39 is 5.67 Å². The zero-order chi connectivity index (χ0) is 8.60. The normalized spacial score (nSPS) is 20.1. The van der Waals surface area contributed by atoms with Gasteiger partial charge in [-0.15, -0.1) is 11.3 Å². The Hall–Kier alpha value is -0.700. The SMILES string of the molecule is C=Cc1cnc(C2(F)CCC2)s1. The van der Waals surface area contributed by atoms with E-state index in [-0.39, 0.29) is 0 Å². The zero-order valence-corrected chi connectivity index (χ0v) is 7.53. The summed E-state index contributed by atoms with van der Waals surface area (Å²) in [6, 6.07) is 0. The fraction of sp³-hybridized carbons (Fsp3) is 0.444. The number of nitrogens with zero attached hydrogens (tertiary/aromatic N) is 1. The standard InChI is InChI=1S/C9H10FNS/c1-2-7-6-11-8(12-7)9(10)4-3-5-9/h2,6H,1,3-5H2. The van der Waals surface area contributed by atoms with Crippen LogP contribution in [0, 0.1) is 0 Å². The third-order valence-electron chi connectivity index (χ3n) is 2.25. The van der Waals surface area contributed by atoms with Crippen LogP contribution >= 0.6 is 11.3 Å². The number of hydrogen-bond donors (Lipinski definition) is 0. The second kappa shape index (κ2) is 2.66. The van der Waals surface area contributed by atoms with Crippen molar-refractivity contribution in [2.45, 2.75) is 24.9 Å². The van der Waals surface area contributed by atoms with E-state index in [1.54, 1.807) is 12.3 Å². The lowest BCUT2D eigenvalue weighted by Crippen LogP contribution is -2.28. The molecule has 0 spiro atoms. The van der Waals surface area contributed by atoms with E-state index in [1.807, 2.05) is 0 Å². The Morgan fingerprint density at radius 2 is 2.42 bits per heavy atom. The average molecular weight is 183 g/mol. The number of alkyl halides is 1. The van der Waals surface area contributed by atoms with Crippen molar-refractivity contribution >= 4 is 17.4 Å². The van der Waals surface area contributed by atoms with E-state index in [9.17, 15) is 4.39 Å². The number of thiazole rings is 1. The molecule has 12 heavy (non-hydrogen) atoms. The minimum Gasteiger partial charge on any atom is -0.246 e. The Balaban J connectivity index is 2.27. The molecule has 0 amide bonds. The van der Waals surface area contributed by atoms with Gasteiger partial charge >= 0.3 is 0 Å². The van der Waals surface area contributed by atoms with Crippen LogP contribution in [0.15, 0.2) is 12.8 Å². The number of rotatable bonds is 2. The van der Waals surface area contributed by atoms with Crippen LogP contribution in [0.5, 0.6) is 0 Å². The van der Waals surface area contributed by atoms with Crippen LogP contribution in [0.1, 0.15) is 29.1 Å². The van der Waals surface area contributed by atoms with Crippen molar-refractivity contribution in [3.05, 3.63) is 22.7 Å². The summed E-state index contributed by atoms with van der Waals surface area (Å²) < 4.78 is 13.7. The molecule has 1 aromatic rings. The first kappa shape index (κ1) is 7.92. The molecule has 1 fully saturated rings. The molecule has 0 bridgehead atoms. The molecule has 0 saturated heterocycles. The van der Waals surface area contributed by atoms with Gasteiger partial charge in [-0.1, -0.05) is 12.7 Å². The highest BCUT2D eigenvalue weighted by molar-refractivity contribution is 7.12. The molecule has 3 heteroatoms. The van der Waals surface area contributed by atoms with Gasteiger partial charge in [-0.2, -0.15) is 0 Å². The second-order valence-electron chi connectivity index (χ2n) is 3.09. The van der Waals surface area contributed by atoms with Crippen LogP contribution < -0.4 is 0 Å². The molecule has 0 radical (unpaired) electrons. The van der Waals surface area contributed by atoms with Gasteiger partial charge in [0.25, 0.3) is 0 Å². The minimum atomic E-state index is -1.11. The van der Waals surface area contributed by atoms with E-state index >= 15 is 0 Å². The molecule has 1 aliphatic rings. The maximum Gasteiger partial charge on any atom is 0.162 e. The van der Waals surface area contributed by atoms with Crippen LogP contribution in [-0.2, 0) is 5.67 Å². The Bertz CT molecular complexity index is 301. The first-order chi connectivity index (χ1) is 5.74. The maximum absolute atomic E-state index is 13.7.